The van der Waals surface area contributed by atoms with Crippen LogP contribution < -0.4 is 10.9 Å². The zero-order chi connectivity index (χ0) is 21.3. The maximum Gasteiger partial charge on any atom is 0.341 e. The molecule has 2 N–H and O–H groups in total. The molecule has 9 nitrogen and oxygen atoms in total. The number of thiophene rings is 1. The van der Waals surface area contributed by atoms with Crippen LogP contribution in [0.4, 0.5) is 10.7 Å². The molecule has 0 fully saturated rings. The number of amides is 1. The van der Waals surface area contributed by atoms with Crippen LogP contribution in [0, 0.1) is 22.4 Å². The predicted molar refractivity (Wildman–Crippen MR) is 106 cm³/mol. The van der Waals surface area contributed by atoms with Gasteiger partial charge in [0, 0.05) is 22.4 Å². The highest BCUT2D eigenvalue weighted by atomic mass is 32.1. The molecule has 2 aromatic heterocycles. The third-order valence-electron chi connectivity index (χ3n) is 4.38. The Bertz CT molecular complexity index is 1210. The number of nitrogens with one attached hydrogen (secondary N) is 2. The second kappa shape index (κ2) is 7.84. The highest BCUT2D eigenvalue weighted by Gasteiger charge is 2.24. The normalized spacial score (nSPS) is 10.7. The lowest BCUT2D eigenvalue weighted by molar-refractivity contribution is -0.384. The average molecular weight is 415 g/mol. The molecule has 0 saturated heterocycles. The van der Waals surface area contributed by atoms with Gasteiger partial charge in [-0.15, -0.1) is 11.3 Å². The number of nitrogens with zero attached hydrogens (tertiary/aromatic N) is 1. The van der Waals surface area contributed by atoms with Crippen LogP contribution in [-0.2, 0) is 11.2 Å². The Kier molecular flexibility index (Phi) is 5.46. The summed E-state index contributed by atoms with van der Waals surface area (Å²) in [6.07, 6.45) is 0.585. The van der Waals surface area contributed by atoms with Gasteiger partial charge in [0.1, 0.15) is 16.1 Å². The second-order valence-corrected chi connectivity index (χ2v) is 7.33. The number of carbonyl (C=O) groups is 2. The van der Waals surface area contributed by atoms with E-state index in [1.54, 1.807) is 0 Å². The van der Waals surface area contributed by atoms with E-state index in [0.29, 0.717) is 16.8 Å². The third-order valence-corrected chi connectivity index (χ3v) is 5.45. The van der Waals surface area contributed by atoms with Crippen LogP contribution in [0.15, 0.2) is 28.7 Å². The molecule has 0 unspecified atom stereocenters. The summed E-state index contributed by atoms with van der Waals surface area (Å²) < 4.78 is 10.2. The molecule has 0 atom stereocenters. The Labute approximate surface area is 168 Å². The molecule has 1 aromatic carbocycles. The Morgan fingerprint density at radius 2 is 2.07 bits per heavy atom. The molecule has 0 bridgehead atoms. The standard InChI is InChI=1S/C19H17N3O6S/c1-4-12-9(2)29-18(15(12)19(24)27-3)21-17(23)13-8-10-7-11(22(25)26)5-6-14(10)28-16(13)20/h5-8,20H,4H2,1-3H3,(H,21,23). The van der Waals surface area contributed by atoms with Gasteiger partial charge in [0.15, 0.2) is 0 Å². The summed E-state index contributed by atoms with van der Waals surface area (Å²) in [6.45, 7) is 3.73. The van der Waals surface area contributed by atoms with E-state index in [4.69, 9.17) is 14.6 Å². The first kappa shape index (κ1) is 20.2. The fraction of sp³-hybridized carbons (Fsp3) is 0.211. The van der Waals surface area contributed by atoms with Crippen molar-refractivity contribution in [1.82, 2.24) is 0 Å². The summed E-state index contributed by atoms with van der Waals surface area (Å²) in [5.41, 5.74) is 0.636. The van der Waals surface area contributed by atoms with Crippen molar-refractivity contribution in [1.29, 1.82) is 5.41 Å². The minimum absolute atomic E-state index is 0.113. The number of nitro groups is 1. The molecule has 29 heavy (non-hydrogen) atoms. The van der Waals surface area contributed by atoms with E-state index in [9.17, 15) is 19.7 Å². The summed E-state index contributed by atoms with van der Waals surface area (Å²) in [5, 5.41) is 22.2. The van der Waals surface area contributed by atoms with E-state index in [-0.39, 0.29) is 22.4 Å². The molecule has 0 spiro atoms. The molecule has 2 heterocycles. The van der Waals surface area contributed by atoms with Gasteiger partial charge in [-0.25, -0.2) is 4.79 Å². The maximum atomic E-state index is 12.8. The number of aryl methyl sites for hydroxylation is 1. The first-order chi connectivity index (χ1) is 13.8. The Morgan fingerprint density at radius 3 is 2.69 bits per heavy atom. The number of anilines is 1. The molecule has 10 heteroatoms. The predicted octanol–water partition coefficient (Wildman–Crippen LogP) is 3.79. The van der Waals surface area contributed by atoms with Gasteiger partial charge in [-0.3, -0.25) is 20.3 Å². The largest absolute Gasteiger partial charge is 0.465 e. The Balaban J connectivity index is 2.04. The van der Waals surface area contributed by atoms with E-state index in [1.165, 1.54) is 42.7 Å². The van der Waals surface area contributed by atoms with Gasteiger partial charge in [-0.2, -0.15) is 0 Å². The molecule has 0 aliphatic rings. The SMILES string of the molecule is CCc1c(C)sc(NC(=O)c2cc3cc([N+](=O)[O-])ccc3oc2=N)c1C(=O)OC. The van der Waals surface area contributed by atoms with Crippen LogP contribution in [0.3, 0.4) is 0 Å². The van der Waals surface area contributed by atoms with Crippen LogP contribution in [0.2, 0.25) is 0 Å². The number of benzene rings is 1. The van der Waals surface area contributed by atoms with Gasteiger partial charge in [0.25, 0.3) is 11.6 Å². The van der Waals surface area contributed by atoms with Crippen LogP contribution in [-0.4, -0.2) is 23.9 Å². The maximum absolute atomic E-state index is 12.8. The first-order valence-corrected chi connectivity index (χ1v) is 9.37. The number of methoxy groups -OCH3 is 1. The van der Waals surface area contributed by atoms with Gasteiger partial charge in [-0.05, 0) is 31.0 Å². The van der Waals surface area contributed by atoms with E-state index >= 15 is 0 Å². The lowest BCUT2D eigenvalue weighted by Gasteiger charge is -2.07. The molecule has 1 amide bonds. The van der Waals surface area contributed by atoms with Gasteiger partial charge in [-0.1, -0.05) is 6.92 Å². The molecule has 0 radical (unpaired) electrons. The Morgan fingerprint density at radius 1 is 1.34 bits per heavy atom. The van der Waals surface area contributed by atoms with Crippen molar-refractivity contribution < 1.29 is 23.7 Å². The number of carbonyl (C=O) groups excluding carboxylic acids is 2. The highest BCUT2D eigenvalue weighted by Crippen LogP contribution is 2.34. The number of ether oxygens (including phenoxy) is 1. The number of esters is 1. The van der Waals surface area contributed by atoms with Gasteiger partial charge >= 0.3 is 5.97 Å². The smallest absolute Gasteiger partial charge is 0.341 e. The minimum atomic E-state index is -0.666. The molecule has 0 aliphatic heterocycles. The summed E-state index contributed by atoms with van der Waals surface area (Å²) in [4.78, 5) is 36.3. The molecule has 3 rings (SSSR count). The monoisotopic (exact) mass is 415 g/mol. The third kappa shape index (κ3) is 3.74. The summed E-state index contributed by atoms with van der Waals surface area (Å²) in [6, 6.07) is 5.25. The van der Waals surface area contributed by atoms with E-state index in [2.05, 4.69) is 5.32 Å². The van der Waals surface area contributed by atoms with Gasteiger partial charge in [0.05, 0.1) is 17.6 Å². The number of non-ortho nitro benzene ring substituents is 1. The highest BCUT2D eigenvalue weighted by molar-refractivity contribution is 7.16. The zero-order valence-electron chi connectivity index (χ0n) is 15.8. The quantitative estimate of drug-likeness (QED) is 0.370. The fourth-order valence-electron chi connectivity index (χ4n) is 2.99. The number of hydrogen-bond acceptors (Lipinski definition) is 8. The number of fused-ring (bicyclic) bond motifs is 1. The van der Waals surface area contributed by atoms with Gasteiger partial charge < -0.3 is 14.5 Å². The van der Waals surface area contributed by atoms with Crippen LogP contribution in [0.25, 0.3) is 11.0 Å². The topological polar surface area (TPSA) is 136 Å². The Hall–Kier alpha value is -3.53. The molecular weight excluding hydrogens is 398 g/mol. The minimum Gasteiger partial charge on any atom is -0.465 e. The summed E-state index contributed by atoms with van der Waals surface area (Å²) in [5.74, 6) is -1.23. The van der Waals surface area contributed by atoms with Crippen molar-refractivity contribution in [2.24, 2.45) is 0 Å². The summed E-state index contributed by atoms with van der Waals surface area (Å²) >= 11 is 1.23. The van der Waals surface area contributed by atoms with E-state index in [1.807, 2.05) is 13.8 Å². The zero-order valence-corrected chi connectivity index (χ0v) is 16.6. The molecule has 0 aliphatic carbocycles. The van der Waals surface area contributed by atoms with Crippen molar-refractivity contribution >= 4 is 44.9 Å². The van der Waals surface area contributed by atoms with Crippen molar-refractivity contribution in [3.63, 3.8) is 0 Å². The van der Waals surface area contributed by atoms with Crippen molar-refractivity contribution in [3.05, 3.63) is 61.5 Å². The van der Waals surface area contributed by atoms with Crippen molar-refractivity contribution in [2.45, 2.75) is 20.3 Å². The molecule has 150 valence electrons. The van der Waals surface area contributed by atoms with E-state index < -0.39 is 22.4 Å². The molecule has 0 saturated carbocycles. The van der Waals surface area contributed by atoms with Crippen LogP contribution in [0.5, 0.6) is 0 Å². The molecular formula is C19H17N3O6S. The lowest BCUT2D eigenvalue weighted by atomic mass is 10.1. The van der Waals surface area contributed by atoms with Crippen molar-refractivity contribution in [3.8, 4) is 0 Å². The van der Waals surface area contributed by atoms with Crippen LogP contribution >= 0.6 is 11.3 Å². The number of nitro benzene ring substituents is 1. The lowest BCUT2D eigenvalue weighted by Crippen LogP contribution is -2.21. The summed E-state index contributed by atoms with van der Waals surface area (Å²) in [7, 11) is 1.26. The van der Waals surface area contributed by atoms with E-state index in [0.717, 1.165) is 10.4 Å². The molecule has 3 aromatic rings. The van der Waals surface area contributed by atoms with Crippen molar-refractivity contribution in [2.75, 3.05) is 12.4 Å². The number of rotatable bonds is 5. The number of hydrogen-bond donors (Lipinski definition) is 2. The van der Waals surface area contributed by atoms with Gasteiger partial charge in [0.2, 0.25) is 5.55 Å². The van der Waals surface area contributed by atoms with Crippen LogP contribution in [0.1, 0.15) is 38.1 Å². The second-order valence-electron chi connectivity index (χ2n) is 6.11. The average Bonchev–Trinajstić information content (AvgIpc) is 3.00. The first-order valence-electron chi connectivity index (χ1n) is 8.55. The fourth-order valence-corrected chi connectivity index (χ4v) is 4.12.